The number of rotatable bonds is 6. The number of hydrogen-bond acceptors (Lipinski definition) is 6. The zero-order valence-corrected chi connectivity index (χ0v) is 14.0. The Kier molecular flexibility index (Phi) is 7.20. The van der Waals surface area contributed by atoms with E-state index in [-0.39, 0.29) is 36.0 Å². The van der Waals surface area contributed by atoms with Crippen LogP contribution in [0.1, 0.15) is 23.7 Å². The normalized spacial score (nSPS) is 9.87. The van der Waals surface area contributed by atoms with Crippen molar-refractivity contribution in [1.82, 2.24) is 10.2 Å². The summed E-state index contributed by atoms with van der Waals surface area (Å²) in [6, 6.07) is 1.51. The zero-order valence-electron chi connectivity index (χ0n) is 13.2. The Hall–Kier alpha value is -2.42. The van der Waals surface area contributed by atoms with Crippen molar-refractivity contribution in [1.29, 1.82) is 0 Å². The fourth-order valence-corrected chi connectivity index (χ4v) is 2.29. The second-order valence-corrected chi connectivity index (χ2v) is 5.55. The summed E-state index contributed by atoms with van der Waals surface area (Å²) in [6.07, 6.45) is 0.0963. The number of nitrogens with one attached hydrogen (secondary N) is 2. The Morgan fingerprint density at radius 1 is 1.22 bits per heavy atom. The van der Waals surface area contributed by atoms with Crippen LogP contribution < -0.4 is 10.6 Å². The van der Waals surface area contributed by atoms with Gasteiger partial charge in [-0.05, 0) is 18.4 Å². The molecule has 0 saturated heterocycles. The van der Waals surface area contributed by atoms with Crippen molar-refractivity contribution in [3.63, 3.8) is 0 Å². The molecule has 0 bridgehead atoms. The predicted molar refractivity (Wildman–Crippen MR) is 85.2 cm³/mol. The molecule has 0 atom stereocenters. The summed E-state index contributed by atoms with van der Waals surface area (Å²) < 4.78 is 4.86. The minimum atomic E-state index is -0.907. The van der Waals surface area contributed by atoms with Crippen LogP contribution in [0, 0.1) is 0 Å². The molecule has 0 aliphatic heterocycles. The van der Waals surface area contributed by atoms with Crippen LogP contribution in [0.15, 0.2) is 11.4 Å². The lowest BCUT2D eigenvalue weighted by molar-refractivity contribution is -0.136. The van der Waals surface area contributed by atoms with Gasteiger partial charge in [-0.15, -0.1) is 11.3 Å². The van der Waals surface area contributed by atoms with Gasteiger partial charge in [0.05, 0.1) is 12.2 Å². The Bertz CT molecular complexity index is 597. The maximum atomic E-state index is 11.8. The Labute approximate surface area is 137 Å². The van der Waals surface area contributed by atoms with Gasteiger partial charge >= 0.3 is 17.8 Å². The molecule has 23 heavy (non-hydrogen) atoms. The molecule has 0 aromatic carbocycles. The maximum absolute atomic E-state index is 11.8. The molecule has 1 aromatic heterocycles. The zero-order chi connectivity index (χ0) is 17.4. The molecule has 9 heteroatoms. The topological polar surface area (TPSA) is 105 Å². The van der Waals surface area contributed by atoms with Gasteiger partial charge in [-0.3, -0.25) is 14.4 Å². The van der Waals surface area contributed by atoms with Crippen molar-refractivity contribution in [2.24, 2.45) is 0 Å². The van der Waals surface area contributed by atoms with E-state index in [9.17, 15) is 19.2 Å². The number of thiophene rings is 1. The summed E-state index contributed by atoms with van der Waals surface area (Å²) in [6.45, 7) is 1.94. The van der Waals surface area contributed by atoms with Gasteiger partial charge in [-0.25, -0.2) is 4.79 Å². The van der Waals surface area contributed by atoms with Crippen molar-refractivity contribution >= 4 is 40.0 Å². The molecular weight excluding hydrogens is 322 g/mol. The van der Waals surface area contributed by atoms with Crippen LogP contribution in [-0.2, 0) is 19.1 Å². The first-order valence-corrected chi connectivity index (χ1v) is 7.78. The van der Waals surface area contributed by atoms with Crippen LogP contribution in [0.3, 0.4) is 0 Å². The van der Waals surface area contributed by atoms with Gasteiger partial charge in [0.2, 0.25) is 5.91 Å². The van der Waals surface area contributed by atoms with Crippen LogP contribution in [0.4, 0.5) is 5.00 Å². The number of amides is 3. The molecule has 0 aliphatic rings. The van der Waals surface area contributed by atoms with Gasteiger partial charge in [-0.2, -0.15) is 0 Å². The molecule has 126 valence electrons. The molecule has 0 saturated carbocycles. The molecule has 1 aromatic rings. The van der Waals surface area contributed by atoms with E-state index < -0.39 is 17.8 Å². The lowest BCUT2D eigenvalue weighted by atomic mass is 10.3. The third-order valence-corrected chi connectivity index (χ3v) is 3.55. The fourth-order valence-electron chi connectivity index (χ4n) is 1.52. The van der Waals surface area contributed by atoms with Gasteiger partial charge < -0.3 is 20.3 Å². The van der Waals surface area contributed by atoms with Crippen LogP contribution in [-0.4, -0.2) is 55.8 Å². The van der Waals surface area contributed by atoms with E-state index in [0.717, 1.165) is 11.3 Å². The second kappa shape index (κ2) is 8.89. The number of esters is 1. The average molecular weight is 341 g/mol. The Morgan fingerprint density at radius 2 is 1.91 bits per heavy atom. The number of nitrogens with zero attached hydrogens (tertiary/aromatic N) is 1. The quantitative estimate of drug-likeness (QED) is 0.578. The van der Waals surface area contributed by atoms with E-state index >= 15 is 0 Å². The first-order valence-electron chi connectivity index (χ1n) is 6.90. The highest BCUT2D eigenvalue weighted by atomic mass is 32.1. The van der Waals surface area contributed by atoms with Crippen LogP contribution in [0.5, 0.6) is 0 Å². The van der Waals surface area contributed by atoms with Crippen LogP contribution >= 0.6 is 11.3 Å². The predicted octanol–water partition coefficient (Wildman–Crippen LogP) is 0.458. The van der Waals surface area contributed by atoms with E-state index in [1.165, 1.54) is 11.0 Å². The Morgan fingerprint density at radius 3 is 2.52 bits per heavy atom. The summed E-state index contributed by atoms with van der Waals surface area (Å²) in [7, 11) is 3.20. The number of hydrogen-bond donors (Lipinski definition) is 2. The first-order chi connectivity index (χ1) is 10.9. The van der Waals surface area contributed by atoms with Gasteiger partial charge in [0, 0.05) is 27.1 Å². The van der Waals surface area contributed by atoms with Gasteiger partial charge in [0.25, 0.3) is 0 Å². The molecule has 1 heterocycles. The third-order valence-electron chi connectivity index (χ3n) is 2.72. The molecule has 3 amide bonds. The smallest absolute Gasteiger partial charge is 0.341 e. The minimum Gasteiger partial charge on any atom is -0.462 e. The summed E-state index contributed by atoms with van der Waals surface area (Å²) in [5, 5.41) is 6.56. The summed E-state index contributed by atoms with van der Waals surface area (Å²) in [5.74, 6) is -2.51. The van der Waals surface area contributed by atoms with Gasteiger partial charge in [-0.1, -0.05) is 0 Å². The SMILES string of the molecule is CCOC(=O)c1ccsc1NC(=O)C(=O)NCCC(=O)N(C)C. The molecule has 0 unspecified atom stereocenters. The van der Waals surface area contributed by atoms with E-state index in [1.807, 2.05) is 0 Å². The fraction of sp³-hybridized carbons (Fsp3) is 0.429. The summed E-state index contributed by atoms with van der Waals surface area (Å²) in [4.78, 5) is 47.9. The summed E-state index contributed by atoms with van der Waals surface area (Å²) in [5.41, 5.74) is 0.195. The molecule has 1 rings (SSSR count). The van der Waals surface area contributed by atoms with E-state index in [1.54, 1.807) is 26.4 Å². The maximum Gasteiger partial charge on any atom is 0.341 e. The highest BCUT2D eigenvalue weighted by Gasteiger charge is 2.19. The molecule has 0 spiro atoms. The van der Waals surface area contributed by atoms with Crippen LogP contribution in [0.25, 0.3) is 0 Å². The second-order valence-electron chi connectivity index (χ2n) is 4.63. The minimum absolute atomic E-state index is 0.0540. The monoisotopic (exact) mass is 341 g/mol. The summed E-state index contributed by atoms with van der Waals surface area (Å²) >= 11 is 1.11. The lowest BCUT2D eigenvalue weighted by Gasteiger charge is -2.10. The van der Waals surface area contributed by atoms with Crippen molar-refractivity contribution in [3.8, 4) is 0 Å². The van der Waals surface area contributed by atoms with E-state index in [2.05, 4.69) is 10.6 Å². The first kappa shape index (κ1) is 18.6. The average Bonchev–Trinajstić information content (AvgIpc) is 2.95. The molecule has 0 fully saturated rings. The third kappa shape index (κ3) is 5.70. The van der Waals surface area contributed by atoms with Crippen LogP contribution in [0.2, 0.25) is 0 Å². The number of carbonyl (C=O) groups is 4. The molecule has 8 nitrogen and oxygen atoms in total. The van der Waals surface area contributed by atoms with Crippen molar-refractivity contribution in [2.75, 3.05) is 32.6 Å². The highest BCUT2D eigenvalue weighted by Crippen LogP contribution is 2.23. The standard InChI is InChI=1S/C14H19N3O5S/c1-4-22-14(21)9-6-8-23-13(9)16-12(20)11(19)15-7-5-10(18)17(2)3/h6,8H,4-5,7H2,1-3H3,(H,15,19)(H,16,20). The molecule has 0 radical (unpaired) electrons. The van der Waals surface area contributed by atoms with Crippen molar-refractivity contribution in [2.45, 2.75) is 13.3 Å². The molecule has 0 aliphatic carbocycles. The number of ether oxygens (including phenoxy) is 1. The number of anilines is 1. The highest BCUT2D eigenvalue weighted by molar-refractivity contribution is 7.14. The lowest BCUT2D eigenvalue weighted by Crippen LogP contribution is -2.37. The molecular formula is C14H19N3O5S. The van der Waals surface area contributed by atoms with Crippen molar-refractivity contribution < 1.29 is 23.9 Å². The van der Waals surface area contributed by atoms with Crippen molar-refractivity contribution in [3.05, 3.63) is 17.0 Å². The Balaban J connectivity index is 2.53. The largest absolute Gasteiger partial charge is 0.462 e. The number of carbonyl (C=O) groups excluding carboxylic acids is 4. The van der Waals surface area contributed by atoms with E-state index in [4.69, 9.17) is 4.74 Å². The van der Waals surface area contributed by atoms with Gasteiger partial charge in [0.1, 0.15) is 5.00 Å². The molecule has 2 N–H and O–H groups in total. The van der Waals surface area contributed by atoms with E-state index in [0.29, 0.717) is 0 Å². The van der Waals surface area contributed by atoms with Gasteiger partial charge in [0.15, 0.2) is 0 Å².